The molecule has 3 aromatic carbocycles. The lowest BCUT2D eigenvalue weighted by molar-refractivity contribution is 1.50. The Morgan fingerprint density at radius 2 is 0.394 bits per heavy atom. The van der Waals surface area contributed by atoms with Crippen LogP contribution in [0.3, 0.4) is 0 Å². The average molecular weight is 457 g/mol. The van der Waals surface area contributed by atoms with Gasteiger partial charge in [0.25, 0.3) is 0 Å². The zero-order valence-electron chi connectivity index (χ0n) is 24.1. The molecule has 3 aromatic rings. The second kappa shape index (κ2) is 43.5. The number of hydrogen-bond acceptors (Lipinski definition) is 0. The van der Waals surface area contributed by atoms with Crippen LogP contribution in [0.5, 0.6) is 0 Å². The molecule has 0 bridgehead atoms. The van der Waals surface area contributed by atoms with Crippen molar-refractivity contribution in [1.82, 2.24) is 0 Å². The molecule has 0 aliphatic carbocycles. The fraction of sp³-hybridized carbons (Fsp3) is 0.455. The summed E-state index contributed by atoms with van der Waals surface area (Å²) in [6, 6.07) is 29.6. The van der Waals surface area contributed by atoms with Gasteiger partial charge in [0.05, 0.1) is 0 Å². The second-order valence-corrected chi connectivity index (χ2v) is 4.31. The van der Waals surface area contributed by atoms with Crippen molar-refractivity contribution in [2.75, 3.05) is 0 Å². The van der Waals surface area contributed by atoms with Crippen LogP contribution in [0.4, 0.5) is 0 Å². The van der Waals surface area contributed by atoms with Gasteiger partial charge in [-0.2, -0.15) is 0 Å². The van der Waals surface area contributed by atoms with Crippen LogP contribution in [-0.4, -0.2) is 0 Å². The van der Waals surface area contributed by atoms with E-state index in [0.29, 0.717) is 0 Å². The van der Waals surface area contributed by atoms with Crippen LogP contribution in [0.25, 0.3) is 22.3 Å². The van der Waals surface area contributed by atoms with Crippen molar-refractivity contribution >= 4 is 0 Å². The van der Waals surface area contributed by atoms with Crippen molar-refractivity contribution < 1.29 is 0 Å². The summed E-state index contributed by atoms with van der Waals surface area (Å²) in [6.07, 6.45) is 0. The third kappa shape index (κ3) is 22.6. The maximum absolute atomic E-state index is 2.18. The van der Waals surface area contributed by atoms with Crippen molar-refractivity contribution in [3.63, 3.8) is 0 Å². The highest BCUT2D eigenvalue weighted by atomic mass is 14.0. The molecule has 0 spiro atoms. The van der Waals surface area contributed by atoms with Gasteiger partial charge in [0, 0.05) is 0 Å². The van der Waals surface area contributed by atoms with Crippen molar-refractivity contribution in [2.24, 2.45) is 0 Å². The zero-order chi connectivity index (χ0) is 26.2. The van der Waals surface area contributed by atoms with E-state index in [4.69, 9.17) is 0 Å². The molecule has 0 heterocycles. The highest BCUT2D eigenvalue weighted by Crippen LogP contribution is 2.24. The molecule has 0 heteroatoms. The molecule has 0 nitrogen and oxygen atoms in total. The maximum Gasteiger partial charge on any atom is -0.0184 e. The molecule has 0 aromatic heterocycles. The van der Waals surface area contributed by atoms with Gasteiger partial charge in [-0.15, -0.1) is 0 Å². The molecule has 0 unspecified atom stereocenters. The maximum atomic E-state index is 2.18. The molecular formula is C33H60. The summed E-state index contributed by atoms with van der Waals surface area (Å²) in [7, 11) is 0. The van der Waals surface area contributed by atoms with Crippen LogP contribution in [0.1, 0.15) is 104 Å². The van der Waals surface area contributed by atoms with Gasteiger partial charge in [-0.3, -0.25) is 0 Å². The summed E-state index contributed by atoms with van der Waals surface area (Å²) in [5.41, 5.74) is 5.04. The fourth-order valence-electron chi connectivity index (χ4n) is 2.12. The smallest absolute Gasteiger partial charge is 0.0184 e. The molecule has 0 N–H and O–H groups in total. The van der Waals surface area contributed by atoms with Gasteiger partial charge in [-0.1, -0.05) is 189 Å². The van der Waals surface area contributed by atoms with Gasteiger partial charge in [0.1, 0.15) is 0 Å². The summed E-state index contributed by atoms with van der Waals surface area (Å²) < 4.78 is 0. The number of benzene rings is 3. The molecule has 192 valence electrons. The highest BCUT2D eigenvalue weighted by molar-refractivity contribution is 5.70. The third-order valence-corrected chi connectivity index (χ3v) is 3.10. The first-order chi connectivity index (χ1) is 15.9. The van der Waals surface area contributed by atoms with E-state index < -0.39 is 0 Å². The quantitative estimate of drug-likeness (QED) is 0.359. The van der Waals surface area contributed by atoms with E-state index in [1.807, 2.05) is 109 Å². The first kappa shape index (κ1) is 44.4. The Labute approximate surface area is 211 Å². The van der Waals surface area contributed by atoms with Crippen LogP contribution in [-0.2, 0) is 0 Å². The van der Waals surface area contributed by atoms with Gasteiger partial charge in [-0.05, 0) is 22.3 Å². The van der Waals surface area contributed by atoms with E-state index in [-0.39, 0.29) is 7.43 Å². The molecule has 0 amide bonds. The summed E-state index contributed by atoms with van der Waals surface area (Å²) in [4.78, 5) is 0. The minimum atomic E-state index is 0. The lowest BCUT2D eigenvalue weighted by Crippen LogP contribution is -1.79. The van der Waals surface area contributed by atoms with E-state index in [1.54, 1.807) is 0 Å². The Balaban J connectivity index is -0.000000105. The molecule has 0 fully saturated rings. The van der Waals surface area contributed by atoms with Gasteiger partial charge in [0.2, 0.25) is 0 Å². The predicted octanol–water partition coefficient (Wildman–Crippen LogP) is 12.8. The Hall–Kier alpha value is -2.34. The first-order valence-electron chi connectivity index (χ1n) is 13.1. The van der Waals surface area contributed by atoms with Crippen molar-refractivity contribution in [2.45, 2.75) is 104 Å². The molecule has 0 aliphatic heterocycles. The van der Waals surface area contributed by atoms with Gasteiger partial charge >= 0.3 is 0 Å². The molecule has 0 radical (unpaired) electrons. The number of rotatable bonds is 2. The van der Waals surface area contributed by atoms with Crippen molar-refractivity contribution in [1.29, 1.82) is 0 Å². The Kier molecular flexibility index (Phi) is 58.5. The standard InChI is InChI=1S/C18H14.7C2H6.CH4/c1-3-7-15(8-4-1)17-11-13-18(14-12-17)16-9-5-2-6-10-16;7*1-2;/h1-14H;7*1-2H3;1H4. The largest absolute Gasteiger partial charge is 0.0776 e. The Bertz CT molecular complexity index is 549. The normalized spacial score (nSPS) is 6.85. The molecule has 0 aliphatic rings. The van der Waals surface area contributed by atoms with Gasteiger partial charge in [0.15, 0.2) is 0 Å². The Morgan fingerprint density at radius 3 is 0.576 bits per heavy atom. The van der Waals surface area contributed by atoms with E-state index >= 15 is 0 Å². The topological polar surface area (TPSA) is 0 Å². The van der Waals surface area contributed by atoms with Crippen LogP contribution >= 0.6 is 0 Å². The molecule has 3 rings (SSSR count). The summed E-state index contributed by atoms with van der Waals surface area (Å²) in [5.74, 6) is 0. The molecule has 0 saturated carbocycles. The Morgan fingerprint density at radius 1 is 0.242 bits per heavy atom. The van der Waals surface area contributed by atoms with E-state index in [9.17, 15) is 0 Å². The minimum Gasteiger partial charge on any atom is -0.0776 e. The number of hydrogen-bond donors (Lipinski definition) is 0. The fourth-order valence-corrected chi connectivity index (χ4v) is 2.12. The third-order valence-electron chi connectivity index (χ3n) is 3.10. The van der Waals surface area contributed by atoms with Crippen molar-refractivity contribution in [3.05, 3.63) is 84.9 Å². The average Bonchev–Trinajstić information content (AvgIpc) is 2.97. The molecular weight excluding hydrogens is 396 g/mol. The predicted molar refractivity (Wildman–Crippen MR) is 163 cm³/mol. The first-order valence-corrected chi connectivity index (χ1v) is 13.1. The SMILES string of the molecule is C.CC.CC.CC.CC.CC.CC.CC.c1ccc(-c2ccc(-c3ccccc3)cc2)cc1. The van der Waals surface area contributed by atoms with E-state index in [2.05, 4.69) is 72.8 Å². The molecule has 0 saturated heterocycles. The van der Waals surface area contributed by atoms with Crippen LogP contribution in [0, 0.1) is 0 Å². The summed E-state index contributed by atoms with van der Waals surface area (Å²) >= 11 is 0. The molecule has 33 heavy (non-hydrogen) atoms. The molecule has 0 atom stereocenters. The van der Waals surface area contributed by atoms with Crippen LogP contribution < -0.4 is 0 Å². The summed E-state index contributed by atoms with van der Waals surface area (Å²) in [6.45, 7) is 28.0. The van der Waals surface area contributed by atoms with E-state index in [1.165, 1.54) is 22.3 Å². The van der Waals surface area contributed by atoms with Crippen LogP contribution in [0.2, 0.25) is 0 Å². The highest BCUT2D eigenvalue weighted by Gasteiger charge is 1.98. The minimum absolute atomic E-state index is 0. The summed E-state index contributed by atoms with van der Waals surface area (Å²) in [5, 5.41) is 0. The van der Waals surface area contributed by atoms with Crippen LogP contribution in [0.15, 0.2) is 84.9 Å². The lowest BCUT2D eigenvalue weighted by atomic mass is 10.0. The monoisotopic (exact) mass is 456 g/mol. The lowest BCUT2D eigenvalue weighted by Gasteiger charge is -2.04. The second-order valence-electron chi connectivity index (χ2n) is 4.31. The van der Waals surface area contributed by atoms with Gasteiger partial charge in [-0.25, -0.2) is 0 Å². The zero-order valence-corrected chi connectivity index (χ0v) is 24.1. The van der Waals surface area contributed by atoms with Crippen molar-refractivity contribution in [3.8, 4) is 22.3 Å². The van der Waals surface area contributed by atoms with Gasteiger partial charge < -0.3 is 0 Å². The van der Waals surface area contributed by atoms with E-state index in [0.717, 1.165) is 0 Å².